The van der Waals surface area contributed by atoms with E-state index >= 15 is 0 Å². The number of carbonyl (C=O) groups is 1. The van der Waals surface area contributed by atoms with E-state index in [1.165, 1.54) is 0 Å². The fourth-order valence-electron chi connectivity index (χ4n) is 2.64. The number of halogens is 2. The van der Waals surface area contributed by atoms with Gasteiger partial charge in [-0.25, -0.2) is 8.78 Å². The van der Waals surface area contributed by atoms with Crippen LogP contribution in [0.4, 0.5) is 8.78 Å². The van der Waals surface area contributed by atoms with Gasteiger partial charge in [-0.2, -0.15) is 0 Å². The van der Waals surface area contributed by atoms with Crippen LogP contribution in [0.1, 0.15) is 26.2 Å². The third-order valence-corrected chi connectivity index (χ3v) is 3.20. The smallest absolute Gasteiger partial charge is 0.323 e. The summed E-state index contributed by atoms with van der Waals surface area (Å²) in [6, 6.07) is -0.388. The van der Waals surface area contributed by atoms with Gasteiger partial charge in [-0.3, -0.25) is 4.79 Å². The second-order valence-electron chi connectivity index (χ2n) is 4.60. The minimum Gasteiger partial charge on any atom is -0.465 e. The van der Waals surface area contributed by atoms with Crippen molar-refractivity contribution in [1.82, 2.24) is 5.32 Å². The maximum Gasteiger partial charge on any atom is 0.323 e. The van der Waals surface area contributed by atoms with E-state index in [0.29, 0.717) is 19.6 Å². The van der Waals surface area contributed by atoms with Crippen LogP contribution < -0.4 is 5.32 Å². The molecule has 1 heterocycles. The molecule has 1 aliphatic carbocycles. The van der Waals surface area contributed by atoms with Crippen molar-refractivity contribution in [2.45, 2.75) is 38.2 Å². The highest BCUT2D eigenvalue weighted by Gasteiger charge is 2.59. The fraction of sp³-hybridized carbons (Fsp3) is 0.900. The Morgan fingerprint density at radius 2 is 2.20 bits per heavy atom. The van der Waals surface area contributed by atoms with Gasteiger partial charge in [-0.1, -0.05) is 0 Å². The van der Waals surface area contributed by atoms with Crippen molar-refractivity contribution >= 4 is 5.97 Å². The molecule has 2 aliphatic rings. The Balaban J connectivity index is 1.88. The molecule has 0 aromatic carbocycles. The lowest BCUT2D eigenvalue weighted by molar-refractivity contribution is -0.158. The highest BCUT2D eigenvalue weighted by atomic mass is 19.3. The molecule has 15 heavy (non-hydrogen) atoms. The predicted octanol–water partition coefficient (Wildman–Crippen LogP) is 1.33. The van der Waals surface area contributed by atoms with E-state index < -0.39 is 5.92 Å². The number of hydrogen-bond acceptors (Lipinski definition) is 3. The van der Waals surface area contributed by atoms with E-state index in [9.17, 15) is 13.6 Å². The summed E-state index contributed by atoms with van der Waals surface area (Å²) in [5.41, 5.74) is -0.360. The van der Waals surface area contributed by atoms with Gasteiger partial charge in [0.1, 0.15) is 6.04 Å². The van der Waals surface area contributed by atoms with Crippen LogP contribution in [-0.4, -0.2) is 31.1 Å². The molecule has 0 amide bonds. The summed E-state index contributed by atoms with van der Waals surface area (Å²) in [4.78, 5) is 11.4. The summed E-state index contributed by atoms with van der Waals surface area (Å²) in [6.07, 6.45) is 0.299. The summed E-state index contributed by atoms with van der Waals surface area (Å²) in [6.45, 7) is 2.58. The number of rotatable bonds is 2. The van der Waals surface area contributed by atoms with Crippen LogP contribution >= 0.6 is 0 Å². The highest BCUT2D eigenvalue weighted by Crippen LogP contribution is 2.56. The van der Waals surface area contributed by atoms with E-state index in [4.69, 9.17) is 4.74 Å². The van der Waals surface area contributed by atoms with E-state index in [0.717, 1.165) is 0 Å². The van der Waals surface area contributed by atoms with Crippen molar-refractivity contribution in [3.05, 3.63) is 0 Å². The monoisotopic (exact) mass is 219 g/mol. The summed E-state index contributed by atoms with van der Waals surface area (Å²) < 4.78 is 30.4. The molecule has 1 aliphatic heterocycles. The van der Waals surface area contributed by atoms with Crippen LogP contribution in [0.5, 0.6) is 0 Å². The van der Waals surface area contributed by atoms with Gasteiger partial charge in [0, 0.05) is 19.4 Å². The van der Waals surface area contributed by atoms with Crippen LogP contribution in [-0.2, 0) is 9.53 Å². The molecule has 1 unspecified atom stereocenters. The molecular formula is C10H15F2NO2. The lowest BCUT2D eigenvalue weighted by Crippen LogP contribution is -2.47. The first-order chi connectivity index (χ1) is 6.96. The van der Waals surface area contributed by atoms with Crippen molar-refractivity contribution in [2.24, 2.45) is 5.41 Å². The Kier molecular flexibility index (Phi) is 2.45. The molecule has 86 valence electrons. The first kappa shape index (κ1) is 10.8. The van der Waals surface area contributed by atoms with Crippen LogP contribution in [0, 0.1) is 5.41 Å². The Labute approximate surface area is 87.2 Å². The average Bonchev–Trinajstić information content (AvgIpc) is 2.47. The molecule has 1 saturated heterocycles. The number of nitrogens with one attached hydrogen (secondary N) is 1. The summed E-state index contributed by atoms with van der Waals surface area (Å²) in [5.74, 6) is -2.84. The van der Waals surface area contributed by atoms with E-state index in [-0.39, 0.29) is 30.3 Å². The normalized spacial score (nSPS) is 31.3. The molecule has 0 radical (unpaired) electrons. The molecule has 0 aromatic heterocycles. The number of hydrogen-bond donors (Lipinski definition) is 1. The zero-order valence-corrected chi connectivity index (χ0v) is 8.69. The van der Waals surface area contributed by atoms with E-state index in [2.05, 4.69) is 5.32 Å². The van der Waals surface area contributed by atoms with E-state index in [1.54, 1.807) is 6.92 Å². The fourth-order valence-corrected chi connectivity index (χ4v) is 2.64. The zero-order valence-electron chi connectivity index (χ0n) is 8.69. The van der Waals surface area contributed by atoms with Gasteiger partial charge < -0.3 is 10.1 Å². The van der Waals surface area contributed by atoms with Crippen molar-refractivity contribution < 1.29 is 18.3 Å². The van der Waals surface area contributed by atoms with Gasteiger partial charge in [-0.15, -0.1) is 0 Å². The largest absolute Gasteiger partial charge is 0.465 e. The number of esters is 1. The Morgan fingerprint density at radius 1 is 1.53 bits per heavy atom. The molecule has 2 fully saturated rings. The maximum atomic E-state index is 12.8. The molecule has 3 nitrogen and oxygen atoms in total. The SMILES string of the molecule is CCOC(=O)C1CC2(CN1)CC(F)(F)C2. The molecule has 1 N–H and O–H groups in total. The zero-order chi connectivity index (χ0) is 11.1. The molecule has 2 rings (SSSR count). The molecule has 1 atom stereocenters. The standard InChI is InChI=1S/C10H15F2NO2/c1-2-15-8(14)7-3-9(6-13-7)4-10(11,12)5-9/h7,13H,2-6H2,1H3. The van der Waals surface area contributed by atoms with E-state index in [1.807, 2.05) is 0 Å². The van der Waals surface area contributed by atoms with Gasteiger partial charge >= 0.3 is 5.97 Å². The molecule has 5 heteroatoms. The molecular weight excluding hydrogens is 204 g/mol. The quantitative estimate of drug-likeness (QED) is 0.712. The second-order valence-corrected chi connectivity index (χ2v) is 4.60. The molecule has 1 saturated carbocycles. The second kappa shape index (κ2) is 3.40. The Morgan fingerprint density at radius 3 is 2.73 bits per heavy atom. The van der Waals surface area contributed by atoms with Crippen LogP contribution in [0.15, 0.2) is 0 Å². The third kappa shape index (κ3) is 1.97. The molecule has 1 spiro atoms. The summed E-state index contributed by atoms with van der Waals surface area (Å²) in [5, 5.41) is 2.96. The Hall–Kier alpha value is -0.710. The topological polar surface area (TPSA) is 38.3 Å². The van der Waals surface area contributed by atoms with Crippen LogP contribution in [0.25, 0.3) is 0 Å². The van der Waals surface area contributed by atoms with Gasteiger partial charge in [0.25, 0.3) is 0 Å². The van der Waals surface area contributed by atoms with Gasteiger partial charge in [0.2, 0.25) is 5.92 Å². The number of ether oxygens (including phenoxy) is 1. The van der Waals surface area contributed by atoms with Crippen molar-refractivity contribution in [1.29, 1.82) is 0 Å². The van der Waals surface area contributed by atoms with Crippen molar-refractivity contribution in [3.63, 3.8) is 0 Å². The highest BCUT2D eigenvalue weighted by molar-refractivity contribution is 5.76. The van der Waals surface area contributed by atoms with Crippen molar-refractivity contribution in [3.8, 4) is 0 Å². The third-order valence-electron chi connectivity index (χ3n) is 3.20. The Bertz CT molecular complexity index is 273. The van der Waals surface area contributed by atoms with Crippen LogP contribution in [0.3, 0.4) is 0 Å². The first-order valence-corrected chi connectivity index (χ1v) is 5.24. The van der Waals surface area contributed by atoms with Gasteiger partial charge in [0.15, 0.2) is 0 Å². The first-order valence-electron chi connectivity index (χ1n) is 5.24. The predicted molar refractivity (Wildman–Crippen MR) is 49.7 cm³/mol. The lowest BCUT2D eigenvalue weighted by Gasteiger charge is -2.44. The number of alkyl halides is 2. The minimum atomic E-state index is -2.52. The van der Waals surface area contributed by atoms with Crippen molar-refractivity contribution in [2.75, 3.05) is 13.2 Å². The van der Waals surface area contributed by atoms with Crippen LogP contribution in [0.2, 0.25) is 0 Å². The number of carbonyl (C=O) groups excluding carboxylic acids is 1. The maximum absolute atomic E-state index is 12.8. The lowest BCUT2D eigenvalue weighted by atomic mass is 9.65. The summed E-state index contributed by atoms with van der Waals surface area (Å²) >= 11 is 0. The van der Waals surface area contributed by atoms with Gasteiger partial charge in [-0.05, 0) is 18.8 Å². The van der Waals surface area contributed by atoms with Gasteiger partial charge in [0.05, 0.1) is 6.61 Å². The average molecular weight is 219 g/mol. The minimum absolute atomic E-state index is 0.0943. The molecule has 0 aromatic rings. The molecule has 0 bridgehead atoms. The summed E-state index contributed by atoms with van der Waals surface area (Å²) in [7, 11) is 0.